The van der Waals surface area contributed by atoms with Crippen LogP contribution >= 0.6 is 11.3 Å². The van der Waals surface area contributed by atoms with Crippen molar-refractivity contribution in [2.24, 2.45) is 13.0 Å². The van der Waals surface area contributed by atoms with Gasteiger partial charge in [0.2, 0.25) is 11.9 Å². The minimum atomic E-state index is -0.474. The summed E-state index contributed by atoms with van der Waals surface area (Å²) in [6, 6.07) is 0. The minimum Gasteiger partial charge on any atom is -0.351 e. The van der Waals surface area contributed by atoms with Gasteiger partial charge in [0.05, 0.1) is 35.3 Å². The van der Waals surface area contributed by atoms with Crippen LogP contribution in [-0.4, -0.2) is 43.7 Å². The number of nitrogens with zero attached hydrogens (tertiary/aromatic N) is 6. The van der Waals surface area contributed by atoms with Crippen LogP contribution in [0.1, 0.15) is 34.0 Å². The molecule has 8 nitrogen and oxygen atoms in total. The number of carbonyl (C=O) groups is 1. The maximum atomic E-state index is 14.4. The van der Waals surface area contributed by atoms with E-state index in [2.05, 4.69) is 25.4 Å². The van der Waals surface area contributed by atoms with Gasteiger partial charge >= 0.3 is 0 Å². The third-order valence-corrected chi connectivity index (χ3v) is 6.72. The van der Waals surface area contributed by atoms with Crippen LogP contribution in [0.3, 0.4) is 0 Å². The molecule has 4 rings (SSSR count). The molecule has 0 aromatic carbocycles. The van der Waals surface area contributed by atoms with Crippen LogP contribution in [-0.2, 0) is 18.4 Å². The molecular weight excluding hydrogens is 417 g/mol. The molecule has 1 aliphatic rings. The summed E-state index contributed by atoms with van der Waals surface area (Å²) in [5, 5.41) is 8.24. The molecular formula is C21H26FN7OS. The van der Waals surface area contributed by atoms with Gasteiger partial charge in [-0.1, -0.05) is 0 Å². The van der Waals surface area contributed by atoms with Crippen molar-refractivity contribution in [3.8, 4) is 11.4 Å². The Balaban J connectivity index is 1.39. The molecule has 0 atom stereocenters. The average Bonchev–Trinajstić information content (AvgIpc) is 3.26. The van der Waals surface area contributed by atoms with Crippen molar-refractivity contribution in [2.75, 3.05) is 18.0 Å². The zero-order chi connectivity index (χ0) is 22.1. The smallest absolute Gasteiger partial charge is 0.226 e. The number of piperidine rings is 1. The molecule has 0 saturated carbocycles. The largest absolute Gasteiger partial charge is 0.351 e. The van der Waals surface area contributed by atoms with E-state index in [-0.39, 0.29) is 17.5 Å². The Morgan fingerprint density at radius 2 is 1.97 bits per heavy atom. The molecule has 1 saturated heterocycles. The molecule has 0 aliphatic carbocycles. The van der Waals surface area contributed by atoms with E-state index in [1.54, 1.807) is 29.3 Å². The average molecular weight is 444 g/mol. The first-order valence-electron chi connectivity index (χ1n) is 10.3. The van der Waals surface area contributed by atoms with Crippen molar-refractivity contribution < 1.29 is 9.18 Å². The molecule has 0 spiro atoms. The number of hydrogen-bond acceptors (Lipinski definition) is 7. The van der Waals surface area contributed by atoms with Crippen molar-refractivity contribution >= 4 is 23.2 Å². The van der Waals surface area contributed by atoms with Crippen molar-refractivity contribution in [1.82, 2.24) is 30.0 Å². The summed E-state index contributed by atoms with van der Waals surface area (Å²) in [5.74, 6) is 0.0195. The van der Waals surface area contributed by atoms with E-state index in [0.717, 1.165) is 21.1 Å². The van der Waals surface area contributed by atoms with Gasteiger partial charge in [0, 0.05) is 30.9 Å². The first kappa shape index (κ1) is 21.4. The van der Waals surface area contributed by atoms with E-state index in [4.69, 9.17) is 0 Å². The third-order valence-electron chi connectivity index (χ3n) is 5.65. The summed E-state index contributed by atoms with van der Waals surface area (Å²) in [7, 11) is 1.77. The zero-order valence-corrected chi connectivity index (χ0v) is 19.0. The van der Waals surface area contributed by atoms with Crippen molar-refractivity contribution in [3.05, 3.63) is 39.4 Å². The highest BCUT2D eigenvalue weighted by molar-refractivity contribution is 7.11. The molecule has 31 heavy (non-hydrogen) atoms. The summed E-state index contributed by atoms with van der Waals surface area (Å²) in [6.07, 6.45) is 4.30. The number of rotatable bonds is 5. The fourth-order valence-electron chi connectivity index (χ4n) is 3.95. The normalized spacial score (nSPS) is 14.8. The lowest BCUT2D eigenvalue weighted by molar-refractivity contribution is -0.125. The zero-order valence-electron chi connectivity index (χ0n) is 18.1. The maximum absolute atomic E-state index is 14.4. The first-order chi connectivity index (χ1) is 14.8. The third kappa shape index (κ3) is 4.43. The number of anilines is 1. The number of hydrogen-bond donors (Lipinski definition) is 1. The Morgan fingerprint density at radius 3 is 2.58 bits per heavy atom. The molecule has 3 aromatic rings. The van der Waals surface area contributed by atoms with Crippen LogP contribution in [0.5, 0.6) is 0 Å². The lowest BCUT2D eigenvalue weighted by Gasteiger charge is -2.31. The van der Waals surface area contributed by atoms with Crippen LogP contribution in [0.15, 0.2) is 12.4 Å². The van der Waals surface area contributed by atoms with Gasteiger partial charge in [-0.05, 0) is 39.2 Å². The summed E-state index contributed by atoms with van der Waals surface area (Å²) in [5.41, 5.74) is 2.72. The Morgan fingerprint density at radius 1 is 1.23 bits per heavy atom. The predicted molar refractivity (Wildman–Crippen MR) is 117 cm³/mol. The van der Waals surface area contributed by atoms with Crippen LogP contribution in [0.4, 0.5) is 10.3 Å². The van der Waals surface area contributed by atoms with E-state index in [0.29, 0.717) is 44.1 Å². The fourth-order valence-corrected chi connectivity index (χ4v) is 4.83. The van der Waals surface area contributed by atoms with Gasteiger partial charge in [-0.25, -0.2) is 19.3 Å². The molecule has 3 aromatic heterocycles. The highest BCUT2D eigenvalue weighted by Gasteiger charge is 2.27. The molecule has 1 fully saturated rings. The van der Waals surface area contributed by atoms with Gasteiger partial charge in [0.15, 0.2) is 5.82 Å². The standard InChI is InChI=1S/C21H26FN7OS/c1-12-9-25-28(4)19(12)18-16(22)10-24-21(27-18)29-7-5-15(6-8-29)20(30)23-11-17-13(2)26-14(3)31-17/h9-10,15H,5-8,11H2,1-4H3,(H,23,30). The fraction of sp³-hybridized carbons (Fsp3) is 0.476. The predicted octanol–water partition coefficient (Wildman–Crippen LogP) is 2.93. The van der Waals surface area contributed by atoms with E-state index >= 15 is 0 Å². The van der Waals surface area contributed by atoms with Gasteiger partial charge in [-0.2, -0.15) is 5.10 Å². The number of thiazole rings is 1. The molecule has 10 heteroatoms. The van der Waals surface area contributed by atoms with E-state index < -0.39 is 5.82 Å². The monoisotopic (exact) mass is 443 g/mol. The number of aryl methyl sites for hydroxylation is 4. The summed E-state index contributed by atoms with van der Waals surface area (Å²) in [6.45, 7) is 7.62. The molecule has 1 N–H and O–H groups in total. The number of aromatic nitrogens is 5. The highest BCUT2D eigenvalue weighted by atomic mass is 32.1. The topological polar surface area (TPSA) is 88.8 Å². The summed E-state index contributed by atoms with van der Waals surface area (Å²) in [4.78, 5) is 28.8. The number of nitrogens with one attached hydrogen (secondary N) is 1. The van der Waals surface area contributed by atoms with Crippen molar-refractivity contribution in [2.45, 2.75) is 40.2 Å². The number of carbonyl (C=O) groups excluding carboxylic acids is 1. The van der Waals surface area contributed by atoms with Crippen LogP contribution in [0.25, 0.3) is 11.4 Å². The molecule has 0 unspecified atom stereocenters. The SMILES string of the molecule is Cc1nc(C)c(CNC(=O)C2CCN(c3ncc(F)c(-c4c(C)cnn4C)n3)CC2)s1. The Bertz CT molecular complexity index is 1080. The second kappa shape index (κ2) is 8.70. The van der Waals surface area contributed by atoms with Crippen LogP contribution < -0.4 is 10.2 Å². The van der Waals surface area contributed by atoms with Crippen molar-refractivity contribution in [3.63, 3.8) is 0 Å². The Hall–Kier alpha value is -2.88. The lowest BCUT2D eigenvalue weighted by atomic mass is 9.96. The van der Waals surface area contributed by atoms with Gasteiger partial charge in [0.1, 0.15) is 5.69 Å². The number of halogens is 1. The first-order valence-corrected chi connectivity index (χ1v) is 11.1. The van der Waals surface area contributed by atoms with Crippen LogP contribution in [0.2, 0.25) is 0 Å². The van der Waals surface area contributed by atoms with Crippen LogP contribution in [0, 0.1) is 32.5 Å². The van der Waals surface area contributed by atoms with E-state index in [9.17, 15) is 9.18 Å². The lowest BCUT2D eigenvalue weighted by Crippen LogP contribution is -2.41. The number of amides is 1. The second-order valence-corrected chi connectivity index (χ2v) is 9.17. The molecule has 0 radical (unpaired) electrons. The summed E-state index contributed by atoms with van der Waals surface area (Å²) >= 11 is 1.62. The van der Waals surface area contributed by atoms with Gasteiger partial charge in [-0.15, -0.1) is 11.3 Å². The van der Waals surface area contributed by atoms with E-state index in [1.165, 1.54) is 6.20 Å². The Kier molecular flexibility index (Phi) is 5.99. The quantitative estimate of drug-likeness (QED) is 0.652. The van der Waals surface area contributed by atoms with Gasteiger partial charge in [0.25, 0.3) is 0 Å². The summed E-state index contributed by atoms with van der Waals surface area (Å²) < 4.78 is 16.1. The highest BCUT2D eigenvalue weighted by Crippen LogP contribution is 2.27. The minimum absolute atomic E-state index is 0.0511. The molecule has 4 heterocycles. The molecule has 1 amide bonds. The van der Waals surface area contributed by atoms with Gasteiger partial charge < -0.3 is 10.2 Å². The molecule has 1 aliphatic heterocycles. The second-order valence-electron chi connectivity index (χ2n) is 7.89. The van der Waals surface area contributed by atoms with E-state index in [1.807, 2.05) is 25.7 Å². The van der Waals surface area contributed by atoms with Gasteiger partial charge in [-0.3, -0.25) is 9.48 Å². The molecule has 164 valence electrons. The molecule has 0 bridgehead atoms. The maximum Gasteiger partial charge on any atom is 0.226 e. The van der Waals surface area contributed by atoms with Crippen molar-refractivity contribution in [1.29, 1.82) is 0 Å². The Labute approximate surface area is 184 Å².